The Morgan fingerprint density at radius 3 is 2.53 bits per heavy atom. The zero-order valence-electron chi connectivity index (χ0n) is 10.1. The van der Waals surface area contributed by atoms with Gasteiger partial charge < -0.3 is 5.32 Å². The lowest BCUT2D eigenvalue weighted by molar-refractivity contribution is 0.243. The molecule has 1 aliphatic rings. The number of nitrogens with one attached hydrogen (secondary N) is 1. The Morgan fingerprint density at radius 1 is 1.29 bits per heavy atom. The fourth-order valence-corrected chi connectivity index (χ4v) is 2.28. The fourth-order valence-electron chi connectivity index (χ4n) is 2.28. The van der Waals surface area contributed by atoms with Gasteiger partial charge in [0.2, 0.25) is 0 Å². The van der Waals surface area contributed by atoms with Crippen molar-refractivity contribution in [2.75, 3.05) is 11.4 Å². The number of urea groups is 1. The van der Waals surface area contributed by atoms with E-state index in [4.69, 9.17) is 0 Å². The zero-order valence-corrected chi connectivity index (χ0v) is 10.1. The number of hydrogen-bond acceptors (Lipinski definition) is 1. The maximum Gasteiger partial charge on any atom is 0.322 e. The van der Waals surface area contributed by atoms with Crippen LogP contribution in [-0.2, 0) is 0 Å². The summed E-state index contributed by atoms with van der Waals surface area (Å²) >= 11 is 0. The van der Waals surface area contributed by atoms with E-state index in [9.17, 15) is 4.79 Å². The van der Waals surface area contributed by atoms with Gasteiger partial charge in [0.25, 0.3) is 0 Å². The molecule has 1 aromatic carbocycles. The summed E-state index contributed by atoms with van der Waals surface area (Å²) in [4.78, 5) is 13.8. The third-order valence-electron chi connectivity index (χ3n) is 3.22. The van der Waals surface area contributed by atoms with Crippen LogP contribution in [0.1, 0.15) is 25.7 Å². The molecule has 0 spiro atoms. The van der Waals surface area contributed by atoms with Gasteiger partial charge in [-0.25, -0.2) is 4.79 Å². The molecule has 2 rings (SSSR count). The predicted octanol–water partition coefficient (Wildman–Crippen LogP) is 2.98. The van der Waals surface area contributed by atoms with Crippen LogP contribution in [0.4, 0.5) is 10.5 Å². The predicted molar refractivity (Wildman–Crippen MR) is 69.9 cm³/mol. The van der Waals surface area contributed by atoms with E-state index in [0.717, 1.165) is 18.5 Å². The summed E-state index contributed by atoms with van der Waals surface area (Å²) in [6.45, 7) is 4.27. The Hall–Kier alpha value is -1.51. The lowest BCUT2D eigenvalue weighted by Crippen LogP contribution is -2.44. The average molecular weight is 231 g/mol. The Kier molecular flexibility index (Phi) is 4.02. The first kappa shape index (κ1) is 12.0. The summed E-state index contributed by atoms with van der Waals surface area (Å²) in [5.74, 6) is 0. The highest BCUT2D eigenvalue weighted by atomic mass is 16.2. The zero-order chi connectivity index (χ0) is 12.1. The van der Waals surface area contributed by atoms with Crippen molar-refractivity contribution >= 4 is 11.7 Å². The highest BCUT2D eigenvalue weighted by Gasteiger charge is 2.20. The van der Waals surface area contributed by atoms with Crippen molar-refractivity contribution in [1.29, 1.82) is 0 Å². The minimum atomic E-state index is -0.0295. The third-order valence-corrected chi connectivity index (χ3v) is 3.22. The number of carbonyl (C=O) groups excluding carboxylic acids is 1. The Labute approximate surface area is 103 Å². The Bertz CT molecular complexity index is 358. The maximum atomic E-state index is 12.1. The van der Waals surface area contributed by atoms with E-state index >= 15 is 0 Å². The van der Waals surface area contributed by atoms with E-state index in [1.54, 1.807) is 4.90 Å². The molecule has 0 saturated heterocycles. The van der Waals surface area contributed by atoms with E-state index in [2.05, 4.69) is 12.2 Å². The van der Waals surface area contributed by atoms with Gasteiger partial charge in [0, 0.05) is 18.3 Å². The van der Waals surface area contributed by atoms with Crippen molar-refractivity contribution in [2.24, 2.45) is 0 Å². The average Bonchev–Trinajstić information content (AvgIpc) is 2.84. The second-order valence-corrected chi connectivity index (χ2v) is 4.42. The lowest BCUT2D eigenvalue weighted by atomic mass is 10.2. The number of amides is 2. The van der Waals surface area contributed by atoms with Crippen molar-refractivity contribution in [3.63, 3.8) is 0 Å². The molecule has 1 aromatic rings. The van der Waals surface area contributed by atoms with Crippen molar-refractivity contribution in [2.45, 2.75) is 31.7 Å². The van der Waals surface area contributed by atoms with Crippen LogP contribution >= 0.6 is 0 Å². The molecule has 1 fully saturated rings. The van der Waals surface area contributed by atoms with Gasteiger partial charge in [0.15, 0.2) is 0 Å². The SMILES string of the molecule is [CH2]CN(C(=O)NC1CCCC1)c1ccccc1. The third kappa shape index (κ3) is 2.99. The van der Waals surface area contributed by atoms with E-state index in [-0.39, 0.29) is 6.03 Å². The number of hydrogen-bond donors (Lipinski definition) is 1. The normalized spacial score (nSPS) is 15.8. The first-order valence-corrected chi connectivity index (χ1v) is 6.23. The Morgan fingerprint density at radius 2 is 1.94 bits per heavy atom. The molecule has 91 valence electrons. The van der Waals surface area contributed by atoms with Crippen LogP contribution in [0.15, 0.2) is 30.3 Å². The molecule has 1 N–H and O–H groups in total. The smallest absolute Gasteiger partial charge is 0.322 e. The molecule has 2 amide bonds. The number of carbonyl (C=O) groups is 1. The molecule has 3 heteroatoms. The van der Waals surface area contributed by atoms with Crippen LogP contribution in [0, 0.1) is 6.92 Å². The molecule has 3 nitrogen and oxygen atoms in total. The van der Waals surface area contributed by atoms with Crippen LogP contribution < -0.4 is 10.2 Å². The molecule has 0 aliphatic heterocycles. The summed E-state index contributed by atoms with van der Waals surface area (Å²) in [7, 11) is 0. The molecular formula is C14H19N2O. The van der Waals surface area contributed by atoms with Gasteiger partial charge in [-0.1, -0.05) is 31.0 Å². The number of rotatable bonds is 3. The topological polar surface area (TPSA) is 32.3 Å². The molecule has 1 aliphatic carbocycles. The second-order valence-electron chi connectivity index (χ2n) is 4.42. The van der Waals surface area contributed by atoms with Gasteiger partial charge in [0.05, 0.1) is 0 Å². The monoisotopic (exact) mass is 231 g/mol. The maximum absolute atomic E-state index is 12.1. The molecular weight excluding hydrogens is 212 g/mol. The fraction of sp³-hybridized carbons (Fsp3) is 0.429. The van der Waals surface area contributed by atoms with Crippen LogP contribution in [0.5, 0.6) is 0 Å². The summed E-state index contributed by atoms with van der Waals surface area (Å²) in [6, 6.07) is 9.98. The molecule has 0 bridgehead atoms. The minimum absolute atomic E-state index is 0.0295. The quantitative estimate of drug-likeness (QED) is 0.852. The second kappa shape index (κ2) is 5.71. The molecule has 0 heterocycles. The van der Waals surface area contributed by atoms with Gasteiger partial charge in [-0.05, 0) is 31.9 Å². The van der Waals surface area contributed by atoms with E-state index in [1.807, 2.05) is 30.3 Å². The molecule has 17 heavy (non-hydrogen) atoms. The van der Waals surface area contributed by atoms with Crippen LogP contribution in [0.2, 0.25) is 0 Å². The van der Waals surface area contributed by atoms with E-state index < -0.39 is 0 Å². The van der Waals surface area contributed by atoms with Gasteiger partial charge in [-0.2, -0.15) is 0 Å². The Balaban J connectivity index is 2.00. The molecule has 1 saturated carbocycles. The van der Waals surface area contributed by atoms with Crippen LogP contribution in [0.25, 0.3) is 0 Å². The molecule has 0 aromatic heterocycles. The number of nitrogens with zero attached hydrogens (tertiary/aromatic N) is 1. The summed E-state index contributed by atoms with van der Waals surface area (Å²) < 4.78 is 0. The summed E-state index contributed by atoms with van der Waals surface area (Å²) in [5, 5.41) is 3.08. The van der Waals surface area contributed by atoms with Gasteiger partial charge in [-0.15, -0.1) is 0 Å². The van der Waals surface area contributed by atoms with Gasteiger partial charge >= 0.3 is 6.03 Å². The van der Waals surface area contributed by atoms with E-state index in [1.165, 1.54) is 12.8 Å². The van der Waals surface area contributed by atoms with Crippen molar-refractivity contribution in [1.82, 2.24) is 5.32 Å². The van der Waals surface area contributed by atoms with Crippen LogP contribution in [0.3, 0.4) is 0 Å². The highest BCUT2D eigenvalue weighted by molar-refractivity contribution is 5.92. The number of para-hydroxylation sites is 1. The van der Waals surface area contributed by atoms with Crippen molar-refractivity contribution in [3.05, 3.63) is 37.3 Å². The minimum Gasteiger partial charge on any atom is -0.335 e. The molecule has 1 radical (unpaired) electrons. The molecule has 0 atom stereocenters. The molecule has 0 unspecified atom stereocenters. The van der Waals surface area contributed by atoms with Gasteiger partial charge in [0.1, 0.15) is 0 Å². The first-order chi connectivity index (χ1) is 8.31. The van der Waals surface area contributed by atoms with Gasteiger partial charge in [-0.3, -0.25) is 4.90 Å². The largest absolute Gasteiger partial charge is 0.335 e. The van der Waals surface area contributed by atoms with Crippen molar-refractivity contribution in [3.8, 4) is 0 Å². The lowest BCUT2D eigenvalue weighted by Gasteiger charge is -2.23. The highest BCUT2D eigenvalue weighted by Crippen LogP contribution is 2.19. The van der Waals surface area contributed by atoms with Crippen LogP contribution in [-0.4, -0.2) is 18.6 Å². The number of anilines is 1. The summed E-state index contributed by atoms with van der Waals surface area (Å²) in [5.41, 5.74) is 0.901. The standard InChI is InChI=1S/C14H19N2O/c1-2-16(13-10-4-3-5-11-13)14(17)15-12-8-6-7-9-12/h3-5,10-12H,1-2,6-9H2,(H,15,17). The van der Waals surface area contributed by atoms with E-state index in [0.29, 0.717) is 12.6 Å². The summed E-state index contributed by atoms with van der Waals surface area (Å²) in [6.07, 6.45) is 4.65. The first-order valence-electron chi connectivity index (χ1n) is 6.23. The number of benzene rings is 1. The van der Waals surface area contributed by atoms with Crippen molar-refractivity contribution < 1.29 is 4.79 Å².